The Hall–Kier alpha value is -3.22. The fourth-order valence-corrected chi connectivity index (χ4v) is 2.61. The highest BCUT2D eigenvalue weighted by atomic mass is 16.5. The summed E-state index contributed by atoms with van der Waals surface area (Å²) >= 11 is 0. The van der Waals surface area contributed by atoms with E-state index in [0.29, 0.717) is 30.6 Å². The summed E-state index contributed by atoms with van der Waals surface area (Å²) in [5.74, 6) is 2.63. The summed E-state index contributed by atoms with van der Waals surface area (Å²) in [6, 6.07) is 12.9. The van der Waals surface area contributed by atoms with Crippen LogP contribution in [0.15, 0.2) is 47.6 Å². The Morgan fingerprint density at radius 2 is 1.86 bits per heavy atom. The molecule has 0 radical (unpaired) electrons. The zero-order valence-corrected chi connectivity index (χ0v) is 17.2. The second-order valence-electron chi connectivity index (χ2n) is 6.57. The molecule has 0 saturated heterocycles. The molecule has 0 aliphatic carbocycles. The standard InChI is InChI=1S/C22H29N3O4/c1-4-16(2)18-7-9-19(10-8-18)28-12-5-13-29-20-11-6-17(14-21(20)27-3)15-24-25-22(23)26/h6-11,14-16H,4-5,12-13H2,1-3H3,(H3,23,25,26)/b24-15+. The van der Waals surface area contributed by atoms with Gasteiger partial charge in [0.15, 0.2) is 11.5 Å². The van der Waals surface area contributed by atoms with Gasteiger partial charge in [-0.1, -0.05) is 26.0 Å². The molecule has 156 valence electrons. The fraction of sp³-hybridized carbons (Fsp3) is 0.364. The molecule has 2 amide bonds. The molecule has 0 aliphatic rings. The van der Waals surface area contributed by atoms with E-state index in [0.717, 1.165) is 24.2 Å². The van der Waals surface area contributed by atoms with Gasteiger partial charge in [0.25, 0.3) is 0 Å². The third-order valence-corrected chi connectivity index (χ3v) is 4.45. The summed E-state index contributed by atoms with van der Waals surface area (Å²) in [6.07, 6.45) is 3.33. The van der Waals surface area contributed by atoms with Crippen LogP contribution in [0.5, 0.6) is 17.2 Å². The van der Waals surface area contributed by atoms with Gasteiger partial charge in [-0.2, -0.15) is 5.10 Å². The number of primary amides is 1. The number of hydrogen-bond donors (Lipinski definition) is 2. The van der Waals surface area contributed by atoms with Gasteiger partial charge in [-0.15, -0.1) is 0 Å². The van der Waals surface area contributed by atoms with Crippen molar-refractivity contribution in [3.05, 3.63) is 53.6 Å². The fourth-order valence-electron chi connectivity index (χ4n) is 2.61. The lowest BCUT2D eigenvalue weighted by atomic mass is 9.99. The van der Waals surface area contributed by atoms with Crippen molar-refractivity contribution >= 4 is 12.2 Å². The van der Waals surface area contributed by atoms with E-state index in [1.807, 2.05) is 12.1 Å². The van der Waals surface area contributed by atoms with Crippen molar-refractivity contribution in [1.82, 2.24) is 5.43 Å². The molecule has 0 bridgehead atoms. The first-order chi connectivity index (χ1) is 14.0. The second-order valence-corrected chi connectivity index (χ2v) is 6.57. The highest BCUT2D eigenvalue weighted by Gasteiger charge is 2.06. The van der Waals surface area contributed by atoms with Crippen LogP contribution in [-0.2, 0) is 0 Å². The Kier molecular flexibility index (Phi) is 8.82. The average Bonchev–Trinajstić information content (AvgIpc) is 2.73. The van der Waals surface area contributed by atoms with E-state index in [1.165, 1.54) is 11.8 Å². The minimum atomic E-state index is -0.721. The number of nitrogens with zero attached hydrogens (tertiary/aromatic N) is 1. The Bertz CT molecular complexity index is 806. The zero-order chi connectivity index (χ0) is 21.1. The van der Waals surface area contributed by atoms with Crippen LogP contribution >= 0.6 is 0 Å². The second kappa shape index (κ2) is 11.6. The van der Waals surface area contributed by atoms with Gasteiger partial charge in [0, 0.05) is 6.42 Å². The van der Waals surface area contributed by atoms with Crippen LogP contribution in [0, 0.1) is 0 Å². The van der Waals surface area contributed by atoms with Gasteiger partial charge in [-0.25, -0.2) is 10.2 Å². The van der Waals surface area contributed by atoms with Gasteiger partial charge >= 0.3 is 6.03 Å². The van der Waals surface area contributed by atoms with Crippen LogP contribution in [0.4, 0.5) is 4.79 Å². The van der Waals surface area contributed by atoms with Crippen molar-refractivity contribution in [3.63, 3.8) is 0 Å². The number of rotatable bonds is 11. The molecule has 2 aromatic carbocycles. The van der Waals surface area contributed by atoms with E-state index in [2.05, 4.69) is 36.5 Å². The monoisotopic (exact) mass is 399 g/mol. The number of nitrogens with two attached hydrogens (primary N) is 1. The first-order valence-corrected chi connectivity index (χ1v) is 9.65. The number of hydrogen-bond acceptors (Lipinski definition) is 5. The van der Waals surface area contributed by atoms with Crippen molar-refractivity contribution < 1.29 is 19.0 Å². The molecule has 0 spiro atoms. The summed E-state index contributed by atoms with van der Waals surface area (Å²) in [7, 11) is 1.57. The maximum atomic E-state index is 10.6. The van der Waals surface area contributed by atoms with Gasteiger partial charge in [-0.05, 0) is 53.8 Å². The molecule has 7 heteroatoms. The maximum Gasteiger partial charge on any atom is 0.332 e. The molecule has 2 aromatic rings. The first kappa shape index (κ1) is 22.1. The normalized spacial score (nSPS) is 11.8. The van der Waals surface area contributed by atoms with Crippen LogP contribution in [-0.4, -0.2) is 32.6 Å². The number of urea groups is 1. The zero-order valence-electron chi connectivity index (χ0n) is 17.2. The van der Waals surface area contributed by atoms with Crippen LogP contribution in [0.3, 0.4) is 0 Å². The van der Waals surface area contributed by atoms with Crippen LogP contribution in [0.1, 0.15) is 43.7 Å². The number of methoxy groups -OCH3 is 1. The van der Waals surface area contributed by atoms with Crippen molar-refractivity contribution in [2.45, 2.75) is 32.6 Å². The molecule has 0 fully saturated rings. The predicted octanol–water partition coefficient (Wildman–Crippen LogP) is 4.06. The van der Waals surface area contributed by atoms with Gasteiger partial charge in [0.05, 0.1) is 26.5 Å². The Morgan fingerprint density at radius 3 is 2.52 bits per heavy atom. The molecule has 1 unspecified atom stereocenters. The minimum absolute atomic E-state index is 0.498. The van der Waals surface area contributed by atoms with E-state index in [1.54, 1.807) is 25.3 Å². The van der Waals surface area contributed by atoms with Crippen LogP contribution in [0.2, 0.25) is 0 Å². The Morgan fingerprint density at radius 1 is 1.14 bits per heavy atom. The van der Waals surface area contributed by atoms with Gasteiger partial charge < -0.3 is 19.9 Å². The molecule has 2 rings (SSSR count). The van der Waals surface area contributed by atoms with Crippen molar-refractivity contribution in [2.75, 3.05) is 20.3 Å². The number of benzene rings is 2. The SMILES string of the molecule is CCC(C)c1ccc(OCCCOc2ccc(/C=N/NC(N)=O)cc2OC)cc1. The summed E-state index contributed by atoms with van der Waals surface area (Å²) in [5, 5.41) is 3.72. The molecule has 0 aromatic heterocycles. The number of hydrazone groups is 1. The first-order valence-electron chi connectivity index (χ1n) is 9.65. The third-order valence-electron chi connectivity index (χ3n) is 4.45. The molecular weight excluding hydrogens is 370 g/mol. The van der Waals surface area contributed by atoms with Crippen molar-refractivity contribution in [2.24, 2.45) is 10.8 Å². The quantitative estimate of drug-likeness (QED) is 0.338. The highest BCUT2D eigenvalue weighted by Crippen LogP contribution is 2.27. The van der Waals surface area contributed by atoms with Crippen molar-refractivity contribution in [3.8, 4) is 17.2 Å². The lowest BCUT2D eigenvalue weighted by molar-refractivity contribution is 0.240. The maximum absolute atomic E-state index is 10.6. The lowest BCUT2D eigenvalue weighted by Gasteiger charge is -2.12. The molecular formula is C22H29N3O4. The smallest absolute Gasteiger partial charge is 0.332 e. The van der Waals surface area contributed by atoms with Gasteiger partial charge in [0.2, 0.25) is 0 Å². The molecule has 0 heterocycles. The van der Waals surface area contributed by atoms with E-state index < -0.39 is 6.03 Å². The summed E-state index contributed by atoms with van der Waals surface area (Å²) in [5.41, 5.74) is 9.17. The number of carbonyl (C=O) groups is 1. The molecule has 3 N–H and O–H groups in total. The predicted molar refractivity (Wildman–Crippen MR) is 114 cm³/mol. The summed E-state index contributed by atoms with van der Waals surface area (Å²) in [4.78, 5) is 10.6. The van der Waals surface area contributed by atoms with Gasteiger partial charge in [-0.3, -0.25) is 0 Å². The Labute approximate surface area is 171 Å². The number of carbonyl (C=O) groups excluding carboxylic acids is 1. The molecule has 29 heavy (non-hydrogen) atoms. The number of ether oxygens (including phenoxy) is 3. The largest absolute Gasteiger partial charge is 0.493 e. The summed E-state index contributed by atoms with van der Waals surface area (Å²) in [6.45, 7) is 5.47. The Balaban J connectivity index is 1.78. The molecule has 0 saturated carbocycles. The van der Waals surface area contributed by atoms with E-state index in [-0.39, 0.29) is 0 Å². The third kappa shape index (κ3) is 7.37. The molecule has 7 nitrogen and oxygen atoms in total. The molecule has 0 aliphatic heterocycles. The number of amides is 2. The highest BCUT2D eigenvalue weighted by molar-refractivity contribution is 5.82. The minimum Gasteiger partial charge on any atom is -0.493 e. The molecule has 1 atom stereocenters. The topological polar surface area (TPSA) is 95.2 Å². The van der Waals surface area contributed by atoms with E-state index in [9.17, 15) is 4.79 Å². The van der Waals surface area contributed by atoms with E-state index >= 15 is 0 Å². The van der Waals surface area contributed by atoms with Crippen molar-refractivity contribution in [1.29, 1.82) is 0 Å². The average molecular weight is 399 g/mol. The van der Waals surface area contributed by atoms with Gasteiger partial charge in [0.1, 0.15) is 5.75 Å². The lowest BCUT2D eigenvalue weighted by Crippen LogP contribution is -2.24. The van der Waals surface area contributed by atoms with Crippen LogP contribution < -0.4 is 25.4 Å². The van der Waals surface area contributed by atoms with Crippen LogP contribution in [0.25, 0.3) is 0 Å². The number of nitrogens with one attached hydrogen (secondary N) is 1. The van der Waals surface area contributed by atoms with E-state index in [4.69, 9.17) is 19.9 Å². The summed E-state index contributed by atoms with van der Waals surface area (Å²) < 4.78 is 16.9.